The molecule has 4 rings (SSSR count). The maximum Gasteiger partial charge on any atom is 0.414 e. The summed E-state index contributed by atoms with van der Waals surface area (Å²) in [6, 6.07) is 5.72. The zero-order chi connectivity index (χ0) is 19.0. The van der Waals surface area contributed by atoms with Crippen molar-refractivity contribution < 1.29 is 14.6 Å². The first-order valence-electron chi connectivity index (χ1n) is 9.15. The van der Waals surface area contributed by atoms with Crippen LogP contribution in [0.1, 0.15) is 18.1 Å². The Morgan fingerprint density at radius 3 is 3.00 bits per heavy atom. The summed E-state index contributed by atoms with van der Waals surface area (Å²) >= 11 is 0. The molecule has 0 bridgehead atoms. The van der Waals surface area contributed by atoms with Crippen LogP contribution < -0.4 is 10.2 Å². The molecule has 0 spiro atoms. The highest BCUT2D eigenvalue weighted by Gasteiger charge is 2.44. The van der Waals surface area contributed by atoms with E-state index < -0.39 is 5.66 Å². The fourth-order valence-corrected chi connectivity index (χ4v) is 3.86. The highest BCUT2D eigenvalue weighted by molar-refractivity contribution is 5.97. The van der Waals surface area contributed by atoms with Gasteiger partial charge in [-0.05, 0) is 43.2 Å². The Hall–Kier alpha value is -2.64. The number of carbonyl (C=O) groups is 1. The van der Waals surface area contributed by atoms with Gasteiger partial charge in [-0.25, -0.2) is 9.79 Å². The number of benzene rings is 1. The molecule has 7 nitrogen and oxygen atoms in total. The van der Waals surface area contributed by atoms with E-state index >= 15 is 0 Å². The molecule has 0 saturated carbocycles. The topological polar surface area (TPSA) is 77.4 Å². The van der Waals surface area contributed by atoms with E-state index in [4.69, 9.17) is 9.73 Å². The number of cyclic esters (lactones) is 1. The number of aliphatic hydroxyl groups excluding tert-OH is 1. The molecule has 1 fully saturated rings. The Bertz CT molecular complexity index is 848. The molecule has 27 heavy (non-hydrogen) atoms. The number of aryl methyl sites for hydroxylation is 1. The Balaban J connectivity index is 1.60. The molecule has 0 radical (unpaired) electrons. The zero-order valence-electron chi connectivity index (χ0n) is 15.6. The van der Waals surface area contributed by atoms with Gasteiger partial charge in [0.1, 0.15) is 18.1 Å². The Labute approximate surface area is 158 Å². The molecule has 142 valence electrons. The maximum atomic E-state index is 12.0. The van der Waals surface area contributed by atoms with E-state index in [1.54, 1.807) is 4.90 Å². The van der Waals surface area contributed by atoms with Gasteiger partial charge in [0.25, 0.3) is 0 Å². The van der Waals surface area contributed by atoms with E-state index in [-0.39, 0.29) is 18.7 Å². The number of nitrogens with one attached hydrogen (secondary N) is 1. The molecule has 2 atom stereocenters. The normalized spacial score (nSPS) is 26.4. The van der Waals surface area contributed by atoms with Crippen LogP contribution in [0.2, 0.25) is 0 Å². The first-order valence-corrected chi connectivity index (χ1v) is 9.15. The lowest BCUT2D eigenvalue weighted by atomic mass is 10.0. The second-order valence-electron chi connectivity index (χ2n) is 7.12. The molecule has 2 N–H and O–H groups in total. The summed E-state index contributed by atoms with van der Waals surface area (Å²) in [7, 11) is 0. The van der Waals surface area contributed by atoms with Crippen molar-refractivity contribution in [3.63, 3.8) is 0 Å². The van der Waals surface area contributed by atoms with Gasteiger partial charge in [0.05, 0.1) is 24.9 Å². The van der Waals surface area contributed by atoms with Gasteiger partial charge >= 0.3 is 6.09 Å². The third-order valence-electron chi connectivity index (χ3n) is 5.43. The van der Waals surface area contributed by atoms with E-state index in [0.717, 1.165) is 22.6 Å². The minimum Gasteiger partial charge on any atom is -0.447 e. The number of rotatable bonds is 5. The van der Waals surface area contributed by atoms with Crippen molar-refractivity contribution in [2.24, 2.45) is 4.99 Å². The summed E-state index contributed by atoms with van der Waals surface area (Å²) in [5.74, 6) is 0.833. The van der Waals surface area contributed by atoms with E-state index in [1.165, 1.54) is 0 Å². The number of hydrogen-bond acceptors (Lipinski definition) is 6. The van der Waals surface area contributed by atoms with Gasteiger partial charge in [-0.3, -0.25) is 10.2 Å². The summed E-state index contributed by atoms with van der Waals surface area (Å²) in [6.07, 6.45) is 7.44. The van der Waals surface area contributed by atoms with Crippen molar-refractivity contribution in [2.75, 3.05) is 24.7 Å². The minimum absolute atomic E-state index is 0.0201. The lowest BCUT2D eigenvalue weighted by Crippen LogP contribution is -2.54. The predicted octanol–water partition coefficient (Wildman–Crippen LogP) is 1.92. The molecule has 7 heteroatoms. The van der Waals surface area contributed by atoms with Gasteiger partial charge in [-0.1, -0.05) is 18.2 Å². The highest BCUT2D eigenvalue weighted by Crippen LogP contribution is 2.31. The molecular formula is C20H24N4O3. The van der Waals surface area contributed by atoms with Crippen LogP contribution in [-0.2, 0) is 11.3 Å². The fraction of sp³-hybridized carbons (Fsp3) is 0.400. The van der Waals surface area contributed by atoms with Gasteiger partial charge in [0.2, 0.25) is 0 Å². The van der Waals surface area contributed by atoms with Crippen molar-refractivity contribution in [2.45, 2.75) is 32.1 Å². The number of anilines is 1. The van der Waals surface area contributed by atoms with E-state index in [2.05, 4.69) is 5.32 Å². The third-order valence-corrected chi connectivity index (χ3v) is 5.43. The van der Waals surface area contributed by atoms with Crippen LogP contribution in [0, 0.1) is 6.92 Å². The number of amidine groups is 1. The van der Waals surface area contributed by atoms with Gasteiger partial charge in [-0.2, -0.15) is 0 Å². The molecule has 3 aliphatic heterocycles. The number of nitrogens with zero attached hydrogens (tertiary/aromatic N) is 3. The lowest BCUT2D eigenvalue weighted by Gasteiger charge is -2.34. The van der Waals surface area contributed by atoms with Crippen molar-refractivity contribution in [3.05, 3.63) is 53.8 Å². The molecular weight excluding hydrogens is 344 g/mol. The number of amides is 1. The third kappa shape index (κ3) is 3.02. The summed E-state index contributed by atoms with van der Waals surface area (Å²) in [4.78, 5) is 20.5. The number of fused-ring (bicyclic) bond motifs is 1. The molecule has 3 heterocycles. The monoisotopic (exact) mass is 368 g/mol. The molecule has 1 aromatic rings. The van der Waals surface area contributed by atoms with Crippen molar-refractivity contribution in [1.29, 1.82) is 0 Å². The van der Waals surface area contributed by atoms with Crippen LogP contribution in [0.25, 0.3) is 0 Å². The lowest BCUT2D eigenvalue weighted by molar-refractivity contribution is 0.145. The second-order valence-corrected chi connectivity index (χ2v) is 7.12. The van der Waals surface area contributed by atoms with Crippen LogP contribution in [0.3, 0.4) is 0 Å². The first-order chi connectivity index (χ1) is 13.0. The summed E-state index contributed by atoms with van der Waals surface area (Å²) < 4.78 is 5.10. The van der Waals surface area contributed by atoms with Crippen molar-refractivity contribution in [3.8, 4) is 0 Å². The van der Waals surface area contributed by atoms with Gasteiger partial charge in [-0.15, -0.1) is 0 Å². The summed E-state index contributed by atoms with van der Waals surface area (Å²) in [6.45, 7) is 5.49. The van der Waals surface area contributed by atoms with E-state index in [1.807, 2.05) is 61.4 Å². The first kappa shape index (κ1) is 17.8. The summed E-state index contributed by atoms with van der Waals surface area (Å²) in [5, 5.41) is 13.5. The Kier molecular flexibility index (Phi) is 4.49. The highest BCUT2D eigenvalue weighted by atomic mass is 16.6. The average molecular weight is 368 g/mol. The molecule has 0 aliphatic carbocycles. The van der Waals surface area contributed by atoms with E-state index in [0.29, 0.717) is 19.7 Å². The maximum absolute atomic E-state index is 12.0. The van der Waals surface area contributed by atoms with Crippen LogP contribution in [-0.4, -0.2) is 53.4 Å². The van der Waals surface area contributed by atoms with Crippen LogP contribution in [0.4, 0.5) is 10.5 Å². The molecule has 3 aliphatic rings. The standard InChI is InChI=1S/C20H24N4O3/c1-14-6-5-7-16(23-10-11-27-19(23)26)15(14)12-21-20(2)17(13-25)24-9-4-3-8-18(24)22-20/h3-9,17,21,25H,10-13H2,1-2H3. The van der Waals surface area contributed by atoms with Crippen LogP contribution in [0.5, 0.6) is 0 Å². The van der Waals surface area contributed by atoms with Crippen molar-refractivity contribution >= 4 is 17.6 Å². The minimum atomic E-state index is -0.645. The fourth-order valence-electron chi connectivity index (χ4n) is 3.86. The molecule has 1 amide bonds. The quantitative estimate of drug-likeness (QED) is 0.830. The van der Waals surface area contributed by atoms with Crippen molar-refractivity contribution in [1.82, 2.24) is 10.2 Å². The Morgan fingerprint density at radius 2 is 2.26 bits per heavy atom. The zero-order valence-corrected chi connectivity index (χ0v) is 15.6. The van der Waals surface area contributed by atoms with Crippen LogP contribution in [0.15, 0.2) is 47.6 Å². The van der Waals surface area contributed by atoms with Gasteiger partial charge < -0.3 is 14.7 Å². The smallest absolute Gasteiger partial charge is 0.414 e. The molecule has 2 unspecified atom stereocenters. The number of hydrogen-bond donors (Lipinski definition) is 2. The van der Waals surface area contributed by atoms with Crippen LogP contribution >= 0.6 is 0 Å². The number of allylic oxidation sites excluding steroid dienone is 2. The number of ether oxygens (including phenoxy) is 1. The largest absolute Gasteiger partial charge is 0.447 e. The second kappa shape index (κ2) is 6.83. The average Bonchev–Trinajstić information content (AvgIpc) is 3.20. The van der Waals surface area contributed by atoms with E-state index in [9.17, 15) is 9.90 Å². The SMILES string of the molecule is Cc1cccc(N2CCOC2=O)c1CNC1(C)N=C2C=CC=CN2C1CO. The molecule has 0 aromatic heterocycles. The number of carbonyl (C=O) groups excluding carboxylic acids is 1. The van der Waals surface area contributed by atoms with Gasteiger partial charge in [0.15, 0.2) is 0 Å². The number of aliphatic imine (C=N–C) groups is 1. The Morgan fingerprint density at radius 1 is 1.41 bits per heavy atom. The summed E-state index contributed by atoms with van der Waals surface area (Å²) in [5.41, 5.74) is 2.34. The van der Waals surface area contributed by atoms with Gasteiger partial charge in [0, 0.05) is 12.7 Å². The molecule has 1 aromatic carbocycles. The number of aliphatic hydroxyl groups is 1. The predicted molar refractivity (Wildman–Crippen MR) is 104 cm³/mol. The molecule has 1 saturated heterocycles.